The number of nitrogens with one attached hydrogen (secondary N) is 1. The monoisotopic (exact) mass is 852 g/mol. The lowest BCUT2D eigenvalue weighted by molar-refractivity contribution is -0.151. The Morgan fingerprint density at radius 2 is 0.918 bits per heavy atom. The Morgan fingerprint density at radius 1 is 0.492 bits per heavy atom. The summed E-state index contributed by atoms with van der Waals surface area (Å²) in [6.07, 6.45) is 61.1. The Kier molecular flexibility index (Phi) is 46.2. The third-order valence-corrected chi connectivity index (χ3v) is 11.4. The van der Waals surface area contributed by atoms with Crippen LogP contribution in [0.15, 0.2) is 72.9 Å². The van der Waals surface area contributed by atoms with Crippen LogP contribution in [0.1, 0.15) is 239 Å². The summed E-state index contributed by atoms with van der Waals surface area (Å²) in [4.78, 5) is 26.1. The second-order valence-corrected chi connectivity index (χ2v) is 17.3. The van der Waals surface area contributed by atoms with Crippen LogP contribution in [0.5, 0.6) is 0 Å². The van der Waals surface area contributed by atoms with Crippen LogP contribution < -0.4 is 5.32 Å². The second kappa shape index (κ2) is 48.3. The molecular formula is C55H97NO5. The highest BCUT2D eigenvalue weighted by atomic mass is 16.5. The zero-order chi connectivity index (χ0) is 44.5. The quantitative estimate of drug-likeness (QED) is 0.0245. The number of carbonyl (C=O) groups excluding carboxylic acids is 2. The van der Waals surface area contributed by atoms with Gasteiger partial charge in [0.15, 0.2) is 0 Å². The largest absolute Gasteiger partial charge is 0.462 e. The van der Waals surface area contributed by atoms with E-state index in [1.54, 1.807) is 0 Å². The minimum absolute atomic E-state index is 0.0207. The minimum atomic E-state index is -0.811. The topological polar surface area (TPSA) is 95.9 Å². The van der Waals surface area contributed by atoms with Gasteiger partial charge in [0.2, 0.25) is 5.91 Å². The van der Waals surface area contributed by atoms with E-state index in [9.17, 15) is 19.8 Å². The molecule has 352 valence electrons. The van der Waals surface area contributed by atoms with Crippen LogP contribution >= 0.6 is 0 Å². The molecule has 3 atom stereocenters. The lowest BCUT2D eigenvalue weighted by Gasteiger charge is -2.24. The van der Waals surface area contributed by atoms with Gasteiger partial charge in [-0.25, -0.2) is 0 Å². The highest BCUT2D eigenvalue weighted by molar-refractivity contribution is 5.77. The first kappa shape index (κ1) is 58.3. The molecule has 0 saturated heterocycles. The first-order valence-electron chi connectivity index (χ1n) is 25.7. The van der Waals surface area contributed by atoms with Crippen molar-refractivity contribution in [3.8, 4) is 0 Å². The number of esters is 1. The number of rotatable bonds is 45. The highest BCUT2D eigenvalue weighted by Crippen LogP contribution is 2.17. The van der Waals surface area contributed by atoms with Crippen LogP contribution in [0.4, 0.5) is 0 Å². The van der Waals surface area contributed by atoms with E-state index in [2.05, 4.69) is 50.4 Å². The van der Waals surface area contributed by atoms with Crippen LogP contribution in [0.2, 0.25) is 0 Å². The molecule has 0 bridgehead atoms. The SMILES string of the molecule is CC/C=C/C=C/C=C\C=C/C=C/CCCC(CC(=O)NC(CO)C(O)CCCCCCCCCCCCCCCCC)OC(=O)CCCCC/C=C\CCCCCCCCC. The predicted molar refractivity (Wildman–Crippen MR) is 264 cm³/mol. The smallest absolute Gasteiger partial charge is 0.306 e. The average Bonchev–Trinajstić information content (AvgIpc) is 3.25. The maximum atomic E-state index is 13.2. The van der Waals surface area contributed by atoms with Gasteiger partial charge in [0.1, 0.15) is 6.10 Å². The van der Waals surface area contributed by atoms with Gasteiger partial charge in [-0.05, 0) is 64.2 Å². The summed E-state index contributed by atoms with van der Waals surface area (Å²) in [6, 6.07) is -0.729. The maximum Gasteiger partial charge on any atom is 0.306 e. The zero-order valence-electron chi connectivity index (χ0n) is 40.0. The summed E-state index contributed by atoms with van der Waals surface area (Å²) in [7, 11) is 0. The number of hydrogen-bond acceptors (Lipinski definition) is 5. The van der Waals surface area contributed by atoms with E-state index in [0.717, 1.165) is 70.6 Å². The molecule has 0 aromatic heterocycles. The molecule has 0 rings (SSSR count). The molecule has 0 aliphatic carbocycles. The van der Waals surface area contributed by atoms with Gasteiger partial charge in [0.05, 0.1) is 25.2 Å². The summed E-state index contributed by atoms with van der Waals surface area (Å²) in [6.45, 7) is 6.31. The average molecular weight is 852 g/mol. The van der Waals surface area contributed by atoms with E-state index in [-0.39, 0.29) is 24.9 Å². The Bertz CT molecular complexity index is 1140. The Labute approximate surface area is 377 Å². The van der Waals surface area contributed by atoms with Gasteiger partial charge < -0.3 is 20.3 Å². The van der Waals surface area contributed by atoms with Crippen LogP contribution in [0.3, 0.4) is 0 Å². The molecule has 6 heteroatoms. The number of hydrogen-bond donors (Lipinski definition) is 3. The number of unbranched alkanes of at least 4 members (excludes halogenated alkanes) is 25. The van der Waals surface area contributed by atoms with Gasteiger partial charge in [-0.3, -0.25) is 9.59 Å². The minimum Gasteiger partial charge on any atom is -0.462 e. The van der Waals surface area contributed by atoms with Crippen LogP contribution in [0, 0.1) is 0 Å². The first-order chi connectivity index (χ1) is 30.0. The van der Waals surface area contributed by atoms with Crippen molar-refractivity contribution in [2.24, 2.45) is 0 Å². The Hall–Kier alpha value is -2.70. The number of allylic oxidation sites excluding steroid dienone is 12. The molecule has 61 heavy (non-hydrogen) atoms. The van der Waals surface area contributed by atoms with Crippen molar-refractivity contribution in [3.05, 3.63) is 72.9 Å². The van der Waals surface area contributed by atoms with Crippen molar-refractivity contribution < 1.29 is 24.5 Å². The standard InChI is InChI=1S/C55H97NO5/c1-4-7-10-13-16-19-22-25-27-29-32-35-38-41-44-47-53(58)52(50-57)56-54(59)49-51(46-43-40-37-34-31-28-24-21-18-15-12-9-6-3)61-55(60)48-45-42-39-36-33-30-26-23-20-17-14-11-8-5-2/h9,12,15,18,21,24,28,30-31,33-34,37,51-53,57-58H,4-8,10-11,13-14,16-17,19-20,22-23,25-27,29,32,35-36,38-50H2,1-3H3,(H,56,59)/b12-9+,18-15+,24-21-,31-28-,33-30-,37-34+. The molecule has 1 amide bonds. The second-order valence-electron chi connectivity index (χ2n) is 17.3. The number of carbonyl (C=O) groups is 2. The van der Waals surface area contributed by atoms with E-state index in [1.165, 1.54) is 122 Å². The summed E-state index contributed by atoms with van der Waals surface area (Å²) >= 11 is 0. The normalized spacial score (nSPS) is 13.9. The lowest BCUT2D eigenvalue weighted by atomic mass is 10.0. The molecule has 0 spiro atoms. The van der Waals surface area contributed by atoms with Crippen molar-refractivity contribution in [1.82, 2.24) is 5.32 Å². The van der Waals surface area contributed by atoms with Gasteiger partial charge in [0, 0.05) is 6.42 Å². The summed E-state index contributed by atoms with van der Waals surface area (Å²) in [5.41, 5.74) is 0. The van der Waals surface area contributed by atoms with E-state index < -0.39 is 18.2 Å². The van der Waals surface area contributed by atoms with E-state index in [4.69, 9.17) is 4.74 Å². The Balaban J connectivity index is 4.67. The first-order valence-corrected chi connectivity index (χ1v) is 25.7. The van der Waals surface area contributed by atoms with Gasteiger partial charge >= 0.3 is 5.97 Å². The van der Waals surface area contributed by atoms with Gasteiger partial charge in [-0.15, -0.1) is 0 Å². The fourth-order valence-electron chi connectivity index (χ4n) is 7.51. The molecule has 0 heterocycles. The van der Waals surface area contributed by atoms with Crippen LogP contribution in [0.25, 0.3) is 0 Å². The van der Waals surface area contributed by atoms with Gasteiger partial charge in [0.25, 0.3) is 0 Å². The summed E-state index contributed by atoms with van der Waals surface area (Å²) < 4.78 is 5.88. The van der Waals surface area contributed by atoms with Gasteiger partial charge in [-0.1, -0.05) is 235 Å². The van der Waals surface area contributed by atoms with Crippen LogP contribution in [-0.2, 0) is 14.3 Å². The third kappa shape index (κ3) is 43.7. The van der Waals surface area contributed by atoms with E-state index in [0.29, 0.717) is 19.3 Å². The molecule has 6 nitrogen and oxygen atoms in total. The maximum absolute atomic E-state index is 13.2. The van der Waals surface area contributed by atoms with Crippen LogP contribution in [-0.4, -0.2) is 46.9 Å². The van der Waals surface area contributed by atoms with E-state index >= 15 is 0 Å². The van der Waals surface area contributed by atoms with Crippen molar-refractivity contribution in [2.75, 3.05) is 6.61 Å². The molecule has 3 unspecified atom stereocenters. The number of aliphatic hydroxyl groups is 2. The zero-order valence-corrected chi connectivity index (χ0v) is 40.0. The predicted octanol–water partition coefficient (Wildman–Crippen LogP) is 15.4. The molecule has 0 aliphatic heterocycles. The molecule has 3 N–H and O–H groups in total. The van der Waals surface area contributed by atoms with Crippen molar-refractivity contribution >= 4 is 11.9 Å². The Morgan fingerprint density at radius 3 is 1.41 bits per heavy atom. The number of amides is 1. The molecule has 0 fully saturated rings. The molecule has 0 radical (unpaired) electrons. The van der Waals surface area contributed by atoms with Gasteiger partial charge in [-0.2, -0.15) is 0 Å². The van der Waals surface area contributed by atoms with Crippen molar-refractivity contribution in [1.29, 1.82) is 0 Å². The fourth-order valence-corrected chi connectivity index (χ4v) is 7.51. The van der Waals surface area contributed by atoms with Crippen molar-refractivity contribution in [3.63, 3.8) is 0 Å². The molecule has 0 aliphatic rings. The summed E-state index contributed by atoms with van der Waals surface area (Å²) in [5.74, 6) is -0.566. The number of ether oxygens (including phenoxy) is 1. The summed E-state index contributed by atoms with van der Waals surface area (Å²) in [5, 5.41) is 23.7. The highest BCUT2D eigenvalue weighted by Gasteiger charge is 2.24. The molecule has 0 aromatic carbocycles. The van der Waals surface area contributed by atoms with E-state index in [1.807, 2.05) is 48.6 Å². The number of aliphatic hydroxyl groups excluding tert-OH is 2. The third-order valence-electron chi connectivity index (χ3n) is 11.4. The molecular weight excluding hydrogens is 755 g/mol. The molecule has 0 saturated carbocycles. The lowest BCUT2D eigenvalue weighted by Crippen LogP contribution is -2.46. The molecule has 0 aromatic rings. The fraction of sp³-hybridized carbons (Fsp3) is 0.745. The van der Waals surface area contributed by atoms with Crippen molar-refractivity contribution in [2.45, 2.75) is 257 Å².